The van der Waals surface area contributed by atoms with Crippen LogP contribution in [0.3, 0.4) is 0 Å². The minimum atomic E-state index is -0.877. The summed E-state index contributed by atoms with van der Waals surface area (Å²) in [6.45, 7) is 1.32. The molecule has 8 heteroatoms. The number of nitrogens with one attached hydrogen (secondary N) is 1. The largest absolute Gasteiger partial charge is 0.438 e. The molecule has 126 valence electrons. The predicted molar refractivity (Wildman–Crippen MR) is 87.6 cm³/mol. The summed E-state index contributed by atoms with van der Waals surface area (Å²) in [5, 5.41) is 2.85. The second-order valence-electron chi connectivity index (χ2n) is 5.45. The zero-order chi connectivity index (χ0) is 15.6. The molecule has 23 heavy (non-hydrogen) atoms. The van der Waals surface area contributed by atoms with Gasteiger partial charge in [-0.25, -0.2) is 4.98 Å². The van der Waals surface area contributed by atoms with Gasteiger partial charge in [-0.2, -0.15) is 0 Å². The lowest BCUT2D eigenvalue weighted by Gasteiger charge is -2.31. The molecular formula is C15H20ClN3O4. The van der Waals surface area contributed by atoms with E-state index in [1.807, 2.05) is 0 Å². The van der Waals surface area contributed by atoms with Crippen LogP contribution in [0.5, 0.6) is 0 Å². The lowest BCUT2D eigenvalue weighted by molar-refractivity contribution is -0.124. The molecule has 1 fully saturated rings. The number of hydrogen-bond acceptors (Lipinski definition) is 6. The predicted octanol–water partition coefficient (Wildman–Crippen LogP) is 1.84. The van der Waals surface area contributed by atoms with Gasteiger partial charge >= 0.3 is 0 Å². The van der Waals surface area contributed by atoms with Crippen LogP contribution in [0.25, 0.3) is 11.1 Å². The average Bonchev–Trinajstić information content (AvgIpc) is 2.90. The molecule has 0 spiro atoms. The first-order valence-corrected chi connectivity index (χ1v) is 7.17. The summed E-state index contributed by atoms with van der Waals surface area (Å²) >= 11 is 0. The number of ether oxygens (including phenoxy) is 2. The first-order valence-electron chi connectivity index (χ1n) is 7.17. The van der Waals surface area contributed by atoms with Gasteiger partial charge in [-0.15, -0.1) is 12.4 Å². The lowest BCUT2D eigenvalue weighted by Crippen LogP contribution is -2.54. The maximum absolute atomic E-state index is 12.4. The van der Waals surface area contributed by atoms with Crippen LogP contribution in [-0.2, 0) is 20.9 Å². The number of carbonyl (C=O) groups excluding carboxylic acids is 1. The van der Waals surface area contributed by atoms with Crippen LogP contribution in [0.1, 0.15) is 18.7 Å². The molecular weight excluding hydrogens is 322 g/mol. The highest BCUT2D eigenvalue weighted by Gasteiger charge is 2.35. The van der Waals surface area contributed by atoms with Gasteiger partial charge in [-0.1, -0.05) is 0 Å². The lowest BCUT2D eigenvalue weighted by atomic mass is 9.90. The van der Waals surface area contributed by atoms with Crippen molar-refractivity contribution in [2.24, 2.45) is 5.73 Å². The Hall–Kier alpha value is -1.67. The zero-order valence-corrected chi connectivity index (χ0v) is 13.6. The molecule has 3 N–H and O–H groups in total. The topological polar surface area (TPSA) is 99.6 Å². The third-order valence-corrected chi connectivity index (χ3v) is 3.79. The molecule has 2 aromatic rings. The number of methoxy groups -OCH3 is 1. The van der Waals surface area contributed by atoms with Gasteiger partial charge in [0.25, 0.3) is 0 Å². The number of benzene rings is 1. The molecule has 1 aromatic heterocycles. The van der Waals surface area contributed by atoms with Gasteiger partial charge in [0.2, 0.25) is 11.8 Å². The van der Waals surface area contributed by atoms with Gasteiger partial charge in [-0.05, 0) is 31.0 Å². The van der Waals surface area contributed by atoms with E-state index in [9.17, 15) is 4.79 Å². The number of anilines is 1. The van der Waals surface area contributed by atoms with Crippen LogP contribution in [0, 0.1) is 0 Å². The maximum Gasteiger partial charge on any atom is 0.244 e. The summed E-state index contributed by atoms with van der Waals surface area (Å²) in [4.78, 5) is 16.7. The highest BCUT2D eigenvalue weighted by molar-refractivity contribution is 5.99. The normalized spacial score (nSPS) is 16.8. The molecule has 0 atom stereocenters. The van der Waals surface area contributed by atoms with Gasteiger partial charge in [0.05, 0.1) is 0 Å². The summed E-state index contributed by atoms with van der Waals surface area (Å²) in [5.41, 5.74) is 7.25. The number of halogens is 1. The van der Waals surface area contributed by atoms with E-state index in [4.69, 9.17) is 19.6 Å². The molecule has 1 aliphatic heterocycles. The summed E-state index contributed by atoms with van der Waals surface area (Å²) in [5.74, 6) is 0.302. The Morgan fingerprint density at radius 3 is 2.87 bits per heavy atom. The van der Waals surface area contributed by atoms with E-state index in [-0.39, 0.29) is 18.3 Å². The standard InChI is InChI=1S/C15H19N3O4.ClH/c1-20-9-13-18-11-8-10(2-3-12(11)22-13)17-14(19)15(16)4-6-21-7-5-15;/h2-3,8H,4-7,9,16H2,1H3,(H,17,19);1H. The molecule has 0 unspecified atom stereocenters. The van der Waals surface area contributed by atoms with Crippen LogP contribution in [-0.4, -0.2) is 36.8 Å². The van der Waals surface area contributed by atoms with Crippen LogP contribution >= 0.6 is 12.4 Å². The fraction of sp³-hybridized carbons (Fsp3) is 0.467. The molecule has 3 rings (SSSR count). The van der Waals surface area contributed by atoms with Crippen molar-refractivity contribution >= 4 is 35.1 Å². The number of fused-ring (bicyclic) bond motifs is 1. The Morgan fingerprint density at radius 1 is 1.43 bits per heavy atom. The maximum atomic E-state index is 12.4. The van der Waals surface area contributed by atoms with E-state index >= 15 is 0 Å². The minimum absolute atomic E-state index is 0. The van der Waals surface area contributed by atoms with E-state index < -0.39 is 5.54 Å². The Balaban J connectivity index is 0.00000192. The summed E-state index contributed by atoms with van der Waals surface area (Å²) < 4.78 is 15.8. The molecule has 7 nitrogen and oxygen atoms in total. The van der Waals surface area contributed by atoms with Crippen LogP contribution in [0.4, 0.5) is 5.69 Å². The van der Waals surface area contributed by atoms with E-state index in [0.717, 1.165) is 0 Å². The first kappa shape index (κ1) is 17.7. The third-order valence-electron chi connectivity index (χ3n) is 3.79. The summed E-state index contributed by atoms with van der Waals surface area (Å²) in [7, 11) is 1.58. The molecule has 2 heterocycles. The monoisotopic (exact) mass is 341 g/mol. The van der Waals surface area contributed by atoms with Crippen LogP contribution < -0.4 is 11.1 Å². The smallest absolute Gasteiger partial charge is 0.244 e. The van der Waals surface area contributed by atoms with Gasteiger partial charge < -0.3 is 24.9 Å². The van der Waals surface area contributed by atoms with Crippen molar-refractivity contribution in [3.8, 4) is 0 Å². The molecule has 0 saturated carbocycles. The number of nitrogens with zero attached hydrogens (tertiary/aromatic N) is 1. The van der Waals surface area contributed by atoms with E-state index in [1.54, 1.807) is 25.3 Å². The van der Waals surface area contributed by atoms with Crippen molar-refractivity contribution in [2.75, 3.05) is 25.6 Å². The average molecular weight is 342 g/mol. The highest BCUT2D eigenvalue weighted by Crippen LogP contribution is 2.23. The zero-order valence-electron chi connectivity index (χ0n) is 12.8. The van der Waals surface area contributed by atoms with Crippen molar-refractivity contribution in [3.63, 3.8) is 0 Å². The van der Waals surface area contributed by atoms with Crippen molar-refractivity contribution in [1.82, 2.24) is 4.98 Å². The first-order chi connectivity index (χ1) is 10.6. The summed E-state index contributed by atoms with van der Waals surface area (Å²) in [6, 6.07) is 5.30. The number of amides is 1. The molecule has 1 amide bonds. The van der Waals surface area contributed by atoms with Crippen molar-refractivity contribution in [1.29, 1.82) is 0 Å². The van der Waals surface area contributed by atoms with Crippen molar-refractivity contribution < 1.29 is 18.7 Å². The third kappa shape index (κ3) is 3.81. The quantitative estimate of drug-likeness (QED) is 0.880. The molecule has 1 aliphatic rings. The molecule has 0 radical (unpaired) electrons. The second-order valence-corrected chi connectivity index (χ2v) is 5.45. The molecule has 1 aromatic carbocycles. The highest BCUT2D eigenvalue weighted by atomic mass is 35.5. The van der Waals surface area contributed by atoms with Gasteiger partial charge in [-0.3, -0.25) is 4.79 Å². The Kier molecular flexibility index (Phi) is 5.59. The van der Waals surface area contributed by atoms with Gasteiger partial charge in [0, 0.05) is 26.0 Å². The number of oxazole rings is 1. The second kappa shape index (κ2) is 7.27. The Labute approximate surface area is 139 Å². The van der Waals surface area contributed by atoms with Gasteiger partial charge in [0.15, 0.2) is 5.58 Å². The van der Waals surface area contributed by atoms with E-state index in [0.29, 0.717) is 55.3 Å². The number of nitrogens with two attached hydrogens (primary N) is 1. The Morgan fingerprint density at radius 2 is 2.17 bits per heavy atom. The fourth-order valence-corrected chi connectivity index (χ4v) is 2.46. The Bertz CT molecular complexity index is 682. The van der Waals surface area contributed by atoms with E-state index in [1.165, 1.54) is 0 Å². The van der Waals surface area contributed by atoms with Crippen molar-refractivity contribution in [3.05, 3.63) is 24.1 Å². The van der Waals surface area contributed by atoms with Gasteiger partial charge in [0.1, 0.15) is 17.7 Å². The van der Waals surface area contributed by atoms with E-state index in [2.05, 4.69) is 10.3 Å². The molecule has 0 bridgehead atoms. The fourth-order valence-electron chi connectivity index (χ4n) is 2.46. The minimum Gasteiger partial charge on any atom is -0.438 e. The number of hydrogen-bond donors (Lipinski definition) is 2. The molecule has 1 saturated heterocycles. The SMILES string of the molecule is COCc1nc2cc(NC(=O)C3(N)CCOCC3)ccc2o1.Cl. The number of carbonyl (C=O) groups is 1. The van der Waals surface area contributed by atoms with Crippen LogP contribution in [0.15, 0.2) is 22.6 Å². The molecule has 0 aliphatic carbocycles. The van der Waals surface area contributed by atoms with Crippen molar-refractivity contribution in [2.45, 2.75) is 25.0 Å². The van der Waals surface area contributed by atoms with Crippen LogP contribution in [0.2, 0.25) is 0 Å². The number of aromatic nitrogens is 1. The number of rotatable bonds is 4. The summed E-state index contributed by atoms with van der Waals surface area (Å²) in [6.07, 6.45) is 1.03.